The van der Waals surface area contributed by atoms with Gasteiger partial charge in [0.05, 0.1) is 0 Å². The molecule has 0 aliphatic heterocycles. The van der Waals surface area contributed by atoms with Gasteiger partial charge in [0.1, 0.15) is 10.9 Å². The van der Waals surface area contributed by atoms with Gasteiger partial charge in [-0.25, -0.2) is 14.8 Å². The molecule has 0 spiro atoms. The number of carbonyl (C=O) groups excluding carboxylic acids is 1. The summed E-state index contributed by atoms with van der Waals surface area (Å²) in [4.78, 5) is 19.2. The first-order valence-electron chi connectivity index (χ1n) is 5.74. The number of aromatic nitrogens is 2. The number of carbonyl (C=O) groups is 1. The van der Waals surface area contributed by atoms with Crippen LogP contribution in [0.2, 0.25) is 5.15 Å². The van der Waals surface area contributed by atoms with Crippen molar-refractivity contribution in [3.8, 4) is 5.75 Å². The number of benzene rings is 1. The molecule has 0 unspecified atom stereocenters. The third-order valence-electron chi connectivity index (χ3n) is 2.19. The van der Waals surface area contributed by atoms with E-state index >= 15 is 0 Å². The van der Waals surface area contributed by atoms with Crippen LogP contribution in [0, 0.1) is 0 Å². The fourth-order valence-corrected chi connectivity index (χ4v) is 1.54. The number of hydrogen-bond donors (Lipinski definition) is 2. The molecule has 0 radical (unpaired) electrons. The van der Waals surface area contributed by atoms with Gasteiger partial charge in [-0.1, -0.05) is 11.6 Å². The molecular formula is C12H8ClF3N4O2. The summed E-state index contributed by atoms with van der Waals surface area (Å²) in [6.07, 6.45) is -3.41. The van der Waals surface area contributed by atoms with Crippen LogP contribution in [0.15, 0.2) is 36.5 Å². The molecule has 0 atom stereocenters. The highest BCUT2D eigenvalue weighted by Gasteiger charge is 2.30. The average molecular weight is 333 g/mol. The number of amides is 2. The van der Waals surface area contributed by atoms with Crippen molar-refractivity contribution in [3.05, 3.63) is 41.7 Å². The largest absolute Gasteiger partial charge is 0.573 e. The smallest absolute Gasteiger partial charge is 0.406 e. The number of rotatable bonds is 3. The van der Waals surface area contributed by atoms with Crippen molar-refractivity contribution in [1.82, 2.24) is 9.97 Å². The van der Waals surface area contributed by atoms with Gasteiger partial charge in [0.15, 0.2) is 0 Å². The lowest BCUT2D eigenvalue weighted by atomic mass is 10.3. The molecule has 0 saturated carbocycles. The second-order valence-electron chi connectivity index (χ2n) is 3.85. The van der Waals surface area contributed by atoms with Crippen LogP contribution in [0.3, 0.4) is 0 Å². The standard InChI is InChI=1S/C12H8ClF3N4O2/c13-9-5-6-17-10(19-9)20-11(21)18-7-1-3-8(4-2-7)22-12(14,15)16/h1-6H,(H2,17,18,19,20,21). The van der Waals surface area contributed by atoms with E-state index in [2.05, 4.69) is 25.3 Å². The fourth-order valence-electron chi connectivity index (χ4n) is 1.40. The Balaban J connectivity index is 1.94. The van der Waals surface area contributed by atoms with Crippen molar-refractivity contribution in [3.63, 3.8) is 0 Å². The van der Waals surface area contributed by atoms with E-state index in [4.69, 9.17) is 11.6 Å². The van der Waals surface area contributed by atoms with Crippen molar-refractivity contribution in [2.24, 2.45) is 0 Å². The Morgan fingerprint density at radius 1 is 1.14 bits per heavy atom. The highest BCUT2D eigenvalue weighted by atomic mass is 35.5. The maximum atomic E-state index is 12.0. The van der Waals surface area contributed by atoms with Crippen LogP contribution in [-0.2, 0) is 0 Å². The molecule has 0 bridgehead atoms. The molecule has 2 rings (SSSR count). The normalized spacial score (nSPS) is 10.9. The van der Waals surface area contributed by atoms with Gasteiger partial charge in [-0.3, -0.25) is 5.32 Å². The van der Waals surface area contributed by atoms with Crippen LogP contribution in [0.25, 0.3) is 0 Å². The molecule has 6 nitrogen and oxygen atoms in total. The van der Waals surface area contributed by atoms with Crippen LogP contribution >= 0.6 is 11.6 Å². The Morgan fingerprint density at radius 2 is 1.82 bits per heavy atom. The maximum absolute atomic E-state index is 12.0. The van der Waals surface area contributed by atoms with Gasteiger partial charge >= 0.3 is 12.4 Å². The third kappa shape index (κ3) is 5.09. The van der Waals surface area contributed by atoms with Gasteiger partial charge in [0.25, 0.3) is 0 Å². The van der Waals surface area contributed by atoms with Crippen LogP contribution < -0.4 is 15.4 Å². The predicted octanol–water partition coefficient (Wildman–Crippen LogP) is 3.67. The molecule has 0 aliphatic carbocycles. The fraction of sp³-hybridized carbons (Fsp3) is 0.0833. The molecule has 2 N–H and O–H groups in total. The van der Waals surface area contributed by atoms with Crippen LogP contribution in [0.4, 0.5) is 29.6 Å². The van der Waals surface area contributed by atoms with E-state index in [0.717, 1.165) is 12.1 Å². The summed E-state index contributed by atoms with van der Waals surface area (Å²) in [6, 6.07) is 5.40. The SMILES string of the molecule is O=C(Nc1ccc(OC(F)(F)F)cc1)Nc1nccc(Cl)n1. The van der Waals surface area contributed by atoms with Gasteiger partial charge in [-0.05, 0) is 30.3 Å². The van der Waals surface area contributed by atoms with Gasteiger partial charge in [-0.2, -0.15) is 0 Å². The predicted molar refractivity (Wildman–Crippen MR) is 72.8 cm³/mol. The summed E-state index contributed by atoms with van der Waals surface area (Å²) in [5.74, 6) is -0.404. The minimum absolute atomic E-state index is 0.0120. The Labute approximate surface area is 127 Å². The number of anilines is 2. The first-order valence-corrected chi connectivity index (χ1v) is 6.12. The summed E-state index contributed by atoms with van der Waals surface area (Å²) in [7, 11) is 0. The Morgan fingerprint density at radius 3 is 2.41 bits per heavy atom. The molecule has 0 fully saturated rings. The van der Waals surface area contributed by atoms with E-state index in [0.29, 0.717) is 0 Å². The summed E-state index contributed by atoms with van der Waals surface area (Å²) in [6.45, 7) is 0. The van der Waals surface area contributed by atoms with Crippen molar-refractivity contribution in [2.75, 3.05) is 10.6 Å². The Bertz CT molecular complexity index is 664. The minimum Gasteiger partial charge on any atom is -0.406 e. The van der Waals surface area contributed by atoms with E-state index in [1.807, 2.05) is 0 Å². The maximum Gasteiger partial charge on any atom is 0.573 e. The van der Waals surface area contributed by atoms with E-state index in [1.54, 1.807) is 0 Å². The molecule has 10 heteroatoms. The molecule has 0 saturated heterocycles. The molecule has 1 aromatic heterocycles. The summed E-state index contributed by atoms with van der Waals surface area (Å²) in [5.41, 5.74) is 0.258. The number of halogens is 4. The Hall–Kier alpha value is -2.55. The lowest BCUT2D eigenvalue weighted by molar-refractivity contribution is -0.274. The molecule has 1 heterocycles. The monoisotopic (exact) mass is 332 g/mol. The van der Waals surface area contributed by atoms with Crippen LogP contribution in [-0.4, -0.2) is 22.4 Å². The third-order valence-corrected chi connectivity index (χ3v) is 2.40. The van der Waals surface area contributed by atoms with Gasteiger partial charge in [0, 0.05) is 11.9 Å². The zero-order chi connectivity index (χ0) is 16.2. The number of nitrogens with zero attached hydrogens (tertiary/aromatic N) is 2. The van der Waals surface area contributed by atoms with E-state index in [-0.39, 0.29) is 16.8 Å². The van der Waals surface area contributed by atoms with E-state index in [1.165, 1.54) is 24.4 Å². The second kappa shape index (κ2) is 6.48. The van der Waals surface area contributed by atoms with Crippen molar-refractivity contribution in [1.29, 1.82) is 0 Å². The summed E-state index contributed by atoms with van der Waals surface area (Å²) >= 11 is 5.63. The highest BCUT2D eigenvalue weighted by molar-refractivity contribution is 6.29. The van der Waals surface area contributed by atoms with Gasteiger partial charge in [-0.15, -0.1) is 13.2 Å². The molecule has 2 aromatic rings. The summed E-state index contributed by atoms with van der Waals surface area (Å²) < 4.78 is 39.7. The van der Waals surface area contributed by atoms with Crippen molar-refractivity contribution in [2.45, 2.75) is 6.36 Å². The zero-order valence-corrected chi connectivity index (χ0v) is 11.4. The number of ether oxygens (including phenoxy) is 1. The number of alkyl halides is 3. The lowest BCUT2D eigenvalue weighted by Gasteiger charge is -2.10. The number of urea groups is 1. The molecule has 116 valence electrons. The van der Waals surface area contributed by atoms with Crippen molar-refractivity contribution < 1.29 is 22.7 Å². The first-order chi connectivity index (χ1) is 10.3. The van der Waals surface area contributed by atoms with Crippen LogP contribution in [0.1, 0.15) is 0 Å². The number of hydrogen-bond acceptors (Lipinski definition) is 4. The average Bonchev–Trinajstić information content (AvgIpc) is 2.39. The van der Waals surface area contributed by atoms with E-state index in [9.17, 15) is 18.0 Å². The minimum atomic E-state index is -4.77. The Kier molecular flexibility index (Phi) is 4.66. The lowest BCUT2D eigenvalue weighted by Crippen LogP contribution is -2.21. The molecule has 2 amide bonds. The zero-order valence-electron chi connectivity index (χ0n) is 10.7. The topological polar surface area (TPSA) is 76.1 Å². The second-order valence-corrected chi connectivity index (χ2v) is 4.24. The summed E-state index contributed by atoms with van der Waals surface area (Å²) in [5, 5.41) is 4.86. The van der Waals surface area contributed by atoms with E-state index < -0.39 is 18.1 Å². The van der Waals surface area contributed by atoms with Crippen molar-refractivity contribution >= 4 is 29.3 Å². The highest BCUT2D eigenvalue weighted by Crippen LogP contribution is 2.23. The van der Waals surface area contributed by atoms with Gasteiger partial charge < -0.3 is 10.1 Å². The van der Waals surface area contributed by atoms with Crippen LogP contribution in [0.5, 0.6) is 5.75 Å². The quantitative estimate of drug-likeness (QED) is 0.841. The molecule has 1 aromatic carbocycles. The van der Waals surface area contributed by atoms with Gasteiger partial charge in [0.2, 0.25) is 5.95 Å². The molecular weight excluding hydrogens is 325 g/mol. The molecule has 0 aliphatic rings. The molecule has 22 heavy (non-hydrogen) atoms. The number of nitrogens with one attached hydrogen (secondary N) is 2. The first kappa shape index (κ1) is 15.8.